The van der Waals surface area contributed by atoms with Crippen molar-refractivity contribution in [3.63, 3.8) is 0 Å². The average Bonchev–Trinajstić information content (AvgIpc) is 2.67. The van der Waals surface area contributed by atoms with Gasteiger partial charge in [-0.15, -0.1) is 0 Å². The minimum Gasteiger partial charge on any atom is -0.437 e. The summed E-state index contributed by atoms with van der Waals surface area (Å²) < 4.78 is 5.48. The van der Waals surface area contributed by atoms with E-state index in [1.165, 1.54) is 11.8 Å². The van der Waals surface area contributed by atoms with E-state index in [2.05, 4.69) is 15.4 Å². The quantitative estimate of drug-likeness (QED) is 0.492. The fraction of sp³-hybridized carbons (Fsp3) is 0.273. The molecule has 0 spiro atoms. The van der Waals surface area contributed by atoms with Crippen molar-refractivity contribution < 1.29 is 4.42 Å². The third-order valence-electron chi connectivity index (χ3n) is 2.34. The summed E-state index contributed by atoms with van der Waals surface area (Å²) in [7, 11) is 0. The Morgan fingerprint density at radius 2 is 2.29 bits per heavy atom. The van der Waals surface area contributed by atoms with Crippen LogP contribution in [0, 0.1) is 13.8 Å². The van der Waals surface area contributed by atoms with Gasteiger partial charge in [-0.1, -0.05) is 11.8 Å². The zero-order chi connectivity index (χ0) is 12.3. The van der Waals surface area contributed by atoms with E-state index >= 15 is 0 Å². The minimum absolute atomic E-state index is 0.674. The lowest BCUT2D eigenvalue weighted by Gasteiger charge is -2.01. The number of aromatic nitrogens is 2. The summed E-state index contributed by atoms with van der Waals surface area (Å²) in [4.78, 5) is 8.54. The van der Waals surface area contributed by atoms with Gasteiger partial charge in [-0.2, -0.15) is 0 Å². The number of aryl methyl sites for hydroxylation is 2. The molecule has 0 atom stereocenters. The molecule has 0 aliphatic heterocycles. The molecular weight excluding hydrogens is 236 g/mol. The summed E-state index contributed by atoms with van der Waals surface area (Å²) >= 11 is 1.52. The highest BCUT2D eigenvalue weighted by Gasteiger charge is 2.07. The van der Waals surface area contributed by atoms with E-state index in [1.807, 2.05) is 26.0 Å². The summed E-state index contributed by atoms with van der Waals surface area (Å²) in [6, 6.07) is 3.71. The Hall–Kier alpha value is -1.53. The molecule has 0 radical (unpaired) electrons. The van der Waals surface area contributed by atoms with Gasteiger partial charge in [0.05, 0.1) is 17.1 Å². The molecule has 2 rings (SSSR count). The second-order valence-electron chi connectivity index (χ2n) is 3.59. The van der Waals surface area contributed by atoms with Crippen molar-refractivity contribution in [2.75, 3.05) is 5.43 Å². The first kappa shape index (κ1) is 11.9. The van der Waals surface area contributed by atoms with Crippen molar-refractivity contribution in [2.24, 2.45) is 5.84 Å². The van der Waals surface area contributed by atoms with Crippen LogP contribution in [0.1, 0.15) is 17.1 Å². The third-order valence-corrected chi connectivity index (χ3v) is 3.20. The van der Waals surface area contributed by atoms with Crippen LogP contribution in [0.2, 0.25) is 0 Å². The monoisotopic (exact) mass is 250 g/mol. The molecule has 5 nitrogen and oxygen atoms in total. The van der Waals surface area contributed by atoms with E-state index in [4.69, 9.17) is 10.3 Å². The number of nitrogens with zero attached hydrogens (tertiary/aromatic N) is 2. The fourth-order valence-electron chi connectivity index (χ4n) is 1.29. The zero-order valence-electron chi connectivity index (χ0n) is 9.73. The van der Waals surface area contributed by atoms with Gasteiger partial charge in [0.1, 0.15) is 5.76 Å². The lowest BCUT2D eigenvalue weighted by Crippen LogP contribution is -2.07. The maximum Gasteiger partial charge on any atom is 0.256 e. The molecule has 0 saturated carbocycles. The van der Waals surface area contributed by atoms with Crippen LogP contribution in [-0.4, -0.2) is 9.97 Å². The van der Waals surface area contributed by atoms with Crippen molar-refractivity contribution in [1.82, 2.24) is 9.97 Å². The molecule has 0 bridgehead atoms. The Labute approximate surface area is 104 Å². The van der Waals surface area contributed by atoms with E-state index in [1.54, 1.807) is 6.20 Å². The molecule has 0 aliphatic rings. The maximum absolute atomic E-state index is 5.48. The first-order valence-corrected chi connectivity index (χ1v) is 6.16. The molecule has 0 unspecified atom stereocenters. The molecule has 17 heavy (non-hydrogen) atoms. The van der Waals surface area contributed by atoms with Crippen molar-refractivity contribution in [3.05, 3.63) is 35.5 Å². The molecule has 90 valence electrons. The number of hydrogen-bond donors (Lipinski definition) is 2. The van der Waals surface area contributed by atoms with Crippen LogP contribution in [0.3, 0.4) is 0 Å². The summed E-state index contributed by atoms with van der Waals surface area (Å²) in [6.45, 7) is 3.84. The van der Waals surface area contributed by atoms with Gasteiger partial charge in [-0.25, -0.2) is 4.98 Å². The van der Waals surface area contributed by atoms with Gasteiger partial charge in [0, 0.05) is 11.9 Å². The number of anilines is 1. The number of hydrazine groups is 1. The molecule has 0 saturated heterocycles. The van der Waals surface area contributed by atoms with Crippen LogP contribution >= 0.6 is 11.8 Å². The number of hydrogen-bond acceptors (Lipinski definition) is 6. The van der Waals surface area contributed by atoms with Crippen LogP contribution in [-0.2, 0) is 5.75 Å². The molecule has 0 amide bonds. The van der Waals surface area contributed by atoms with E-state index in [9.17, 15) is 0 Å². The SMILES string of the molecule is Cc1nc(SCc2cc(NN)ccn2)oc1C. The van der Waals surface area contributed by atoms with Crippen LogP contribution in [0.25, 0.3) is 0 Å². The molecule has 0 aliphatic carbocycles. The van der Waals surface area contributed by atoms with Gasteiger partial charge >= 0.3 is 0 Å². The second kappa shape index (κ2) is 5.20. The fourth-order valence-corrected chi connectivity index (χ4v) is 2.10. The predicted molar refractivity (Wildman–Crippen MR) is 67.6 cm³/mol. The Morgan fingerprint density at radius 3 is 2.94 bits per heavy atom. The Kier molecular flexibility index (Phi) is 3.65. The highest BCUT2D eigenvalue weighted by atomic mass is 32.2. The summed E-state index contributed by atoms with van der Waals surface area (Å²) in [5.74, 6) is 6.90. The largest absolute Gasteiger partial charge is 0.437 e. The second-order valence-corrected chi connectivity index (χ2v) is 4.52. The molecule has 2 aromatic heterocycles. The van der Waals surface area contributed by atoms with Gasteiger partial charge in [-0.05, 0) is 26.0 Å². The predicted octanol–water partition coefficient (Wildman–Crippen LogP) is 2.26. The van der Waals surface area contributed by atoms with Crippen molar-refractivity contribution in [3.8, 4) is 0 Å². The van der Waals surface area contributed by atoms with Gasteiger partial charge in [-0.3, -0.25) is 10.8 Å². The third kappa shape index (κ3) is 2.98. The van der Waals surface area contributed by atoms with Crippen LogP contribution in [0.15, 0.2) is 28.0 Å². The Morgan fingerprint density at radius 1 is 1.47 bits per heavy atom. The number of thioether (sulfide) groups is 1. The summed E-state index contributed by atoms with van der Waals surface area (Å²) in [5.41, 5.74) is 5.29. The summed E-state index contributed by atoms with van der Waals surface area (Å²) in [6.07, 6.45) is 1.72. The number of rotatable bonds is 4. The van der Waals surface area contributed by atoms with Crippen LogP contribution < -0.4 is 11.3 Å². The van der Waals surface area contributed by atoms with Crippen molar-refractivity contribution in [1.29, 1.82) is 0 Å². The number of nitrogen functional groups attached to an aromatic ring is 1. The molecule has 3 N–H and O–H groups in total. The minimum atomic E-state index is 0.674. The number of oxazole rings is 1. The highest BCUT2D eigenvalue weighted by molar-refractivity contribution is 7.98. The average molecular weight is 250 g/mol. The Bertz CT molecular complexity index is 492. The lowest BCUT2D eigenvalue weighted by molar-refractivity contribution is 0.431. The van der Waals surface area contributed by atoms with E-state index < -0.39 is 0 Å². The molecule has 6 heteroatoms. The van der Waals surface area contributed by atoms with Crippen molar-refractivity contribution in [2.45, 2.75) is 24.8 Å². The smallest absolute Gasteiger partial charge is 0.256 e. The lowest BCUT2D eigenvalue weighted by atomic mass is 10.3. The molecule has 2 aromatic rings. The van der Waals surface area contributed by atoms with Gasteiger partial charge in [0.25, 0.3) is 5.22 Å². The normalized spacial score (nSPS) is 10.5. The maximum atomic E-state index is 5.48. The van der Waals surface area contributed by atoms with Gasteiger partial charge in [0.15, 0.2) is 0 Å². The standard InChI is InChI=1S/C11H14N4OS/c1-7-8(2)16-11(14-7)17-6-10-5-9(15-12)3-4-13-10/h3-5H,6,12H2,1-2H3,(H,13,15). The molecular formula is C11H14N4OS. The van der Waals surface area contributed by atoms with Crippen LogP contribution in [0.5, 0.6) is 0 Å². The first-order valence-electron chi connectivity index (χ1n) is 5.17. The van der Waals surface area contributed by atoms with E-state index in [-0.39, 0.29) is 0 Å². The molecule has 0 aromatic carbocycles. The number of pyridine rings is 1. The number of nitrogens with two attached hydrogens (primary N) is 1. The number of nitrogens with one attached hydrogen (secondary N) is 1. The topological polar surface area (TPSA) is 77.0 Å². The zero-order valence-corrected chi connectivity index (χ0v) is 10.5. The van der Waals surface area contributed by atoms with Gasteiger partial charge in [0.2, 0.25) is 0 Å². The Balaban J connectivity index is 2.01. The van der Waals surface area contributed by atoms with E-state index in [0.29, 0.717) is 11.0 Å². The highest BCUT2D eigenvalue weighted by Crippen LogP contribution is 2.23. The van der Waals surface area contributed by atoms with Crippen molar-refractivity contribution >= 4 is 17.4 Å². The van der Waals surface area contributed by atoms with E-state index in [0.717, 1.165) is 22.8 Å². The molecule has 0 fully saturated rings. The summed E-state index contributed by atoms with van der Waals surface area (Å²) in [5, 5.41) is 0.674. The van der Waals surface area contributed by atoms with Crippen LogP contribution in [0.4, 0.5) is 5.69 Å². The molecule has 2 heterocycles. The first-order chi connectivity index (χ1) is 8.19. The van der Waals surface area contributed by atoms with Gasteiger partial charge < -0.3 is 9.84 Å².